The predicted octanol–water partition coefficient (Wildman–Crippen LogP) is 1.42. The van der Waals surface area contributed by atoms with Gasteiger partial charge in [0.15, 0.2) is 11.2 Å². The number of methoxy groups -OCH3 is 1. The van der Waals surface area contributed by atoms with Gasteiger partial charge in [0.2, 0.25) is 10.0 Å². The summed E-state index contributed by atoms with van der Waals surface area (Å²) in [5.74, 6) is 0.715. The van der Waals surface area contributed by atoms with Crippen molar-refractivity contribution in [3.05, 3.63) is 76.1 Å². The minimum Gasteiger partial charge on any atom is -0.494 e. The van der Waals surface area contributed by atoms with Gasteiger partial charge >= 0.3 is 0 Å². The molecule has 5 aromatic rings. The number of nitrogens with zero attached hydrogens (tertiary/aromatic N) is 9. The molecule has 4 heterocycles. The number of hydrogen-bond acceptors (Lipinski definition) is 10. The summed E-state index contributed by atoms with van der Waals surface area (Å²) in [4.78, 5) is 20.5. The summed E-state index contributed by atoms with van der Waals surface area (Å²) in [5, 5.41) is 19.2. The molecule has 1 N–H and O–H groups in total. The van der Waals surface area contributed by atoms with E-state index >= 15 is 0 Å². The van der Waals surface area contributed by atoms with E-state index in [1.807, 2.05) is 31.2 Å². The Balaban J connectivity index is 1.20. The van der Waals surface area contributed by atoms with Crippen molar-refractivity contribution in [3.63, 3.8) is 0 Å². The Morgan fingerprint density at radius 1 is 1.07 bits per heavy atom. The van der Waals surface area contributed by atoms with Gasteiger partial charge in [0.05, 0.1) is 18.6 Å². The Morgan fingerprint density at radius 2 is 1.85 bits per heavy atom. The zero-order chi connectivity index (χ0) is 27.9. The van der Waals surface area contributed by atoms with Crippen LogP contribution in [-0.2, 0) is 16.6 Å². The Kier molecular flexibility index (Phi) is 6.59. The number of aromatic nitrogens is 9. The molecule has 0 aliphatic carbocycles. The Morgan fingerprint density at radius 3 is 2.55 bits per heavy atom. The molecule has 1 aliphatic heterocycles. The highest BCUT2D eigenvalue weighted by molar-refractivity contribution is 7.89. The number of ether oxygens (including phenoxy) is 1. The standard InChI is InChI=1S/C25H26N10O4S/c1-16-3-5-17(6-4-16)14-34-24-22(29-31-34)25(36)28-23(27-24)18-9-11-33(12-10-18)40(37,38)19-7-8-20(21(13-19)39-2)35-15-26-30-32-35/h3-8,13,15,18H,9-12,14H2,1-2H3,(H,27,28,36). The van der Waals surface area contributed by atoms with Crippen molar-refractivity contribution in [1.29, 1.82) is 0 Å². The lowest BCUT2D eigenvalue weighted by Gasteiger charge is -2.30. The van der Waals surface area contributed by atoms with Gasteiger partial charge in [0, 0.05) is 25.1 Å². The maximum Gasteiger partial charge on any atom is 0.281 e. The molecule has 0 radical (unpaired) electrons. The van der Waals surface area contributed by atoms with Crippen LogP contribution in [0.4, 0.5) is 0 Å². The summed E-state index contributed by atoms with van der Waals surface area (Å²) in [6, 6.07) is 12.6. The lowest BCUT2D eigenvalue weighted by atomic mass is 9.97. The van der Waals surface area contributed by atoms with Crippen LogP contribution in [0.2, 0.25) is 0 Å². The van der Waals surface area contributed by atoms with Gasteiger partial charge in [-0.25, -0.2) is 18.1 Å². The van der Waals surface area contributed by atoms with Crippen LogP contribution in [0.1, 0.15) is 35.7 Å². The molecule has 2 aromatic carbocycles. The highest BCUT2D eigenvalue weighted by Crippen LogP contribution is 2.31. The second-order valence-corrected chi connectivity index (χ2v) is 11.6. The lowest BCUT2D eigenvalue weighted by Crippen LogP contribution is -2.38. The van der Waals surface area contributed by atoms with Gasteiger partial charge in [-0.1, -0.05) is 35.0 Å². The number of aryl methyl sites for hydroxylation is 1. The van der Waals surface area contributed by atoms with Crippen molar-refractivity contribution in [1.82, 2.24) is 49.5 Å². The fourth-order valence-corrected chi connectivity index (χ4v) is 6.33. The van der Waals surface area contributed by atoms with E-state index < -0.39 is 10.0 Å². The molecule has 206 valence electrons. The first-order chi connectivity index (χ1) is 19.3. The highest BCUT2D eigenvalue weighted by atomic mass is 32.2. The van der Waals surface area contributed by atoms with E-state index in [1.54, 1.807) is 10.7 Å². The van der Waals surface area contributed by atoms with Gasteiger partial charge in [-0.05, 0) is 47.9 Å². The second kappa shape index (κ2) is 10.2. The molecule has 1 aliphatic rings. The van der Waals surface area contributed by atoms with Crippen molar-refractivity contribution < 1.29 is 13.2 Å². The summed E-state index contributed by atoms with van der Waals surface area (Å²) in [5.41, 5.74) is 2.91. The van der Waals surface area contributed by atoms with E-state index in [9.17, 15) is 13.2 Å². The number of nitrogens with one attached hydrogen (secondary N) is 1. The van der Waals surface area contributed by atoms with Gasteiger partial charge in [-0.15, -0.1) is 10.2 Å². The third-order valence-corrected chi connectivity index (χ3v) is 8.97. The maximum absolute atomic E-state index is 13.5. The molecule has 15 heteroatoms. The summed E-state index contributed by atoms with van der Waals surface area (Å²) in [7, 11) is -2.33. The van der Waals surface area contributed by atoms with E-state index in [0.29, 0.717) is 42.3 Å². The molecular weight excluding hydrogens is 536 g/mol. The molecule has 14 nitrogen and oxygen atoms in total. The minimum absolute atomic E-state index is 0.110. The molecule has 0 spiro atoms. The highest BCUT2D eigenvalue weighted by Gasteiger charge is 2.32. The van der Waals surface area contributed by atoms with Gasteiger partial charge in [0.25, 0.3) is 5.56 Å². The van der Waals surface area contributed by atoms with Crippen LogP contribution in [0.25, 0.3) is 16.9 Å². The smallest absolute Gasteiger partial charge is 0.281 e. The largest absolute Gasteiger partial charge is 0.494 e. The SMILES string of the molecule is COc1cc(S(=O)(=O)N2CCC(c3nc4c(nnn4Cc4ccc(C)cc4)c(=O)[nH]3)CC2)ccc1-n1cnnn1. The molecule has 1 saturated heterocycles. The molecule has 0 bridgehead atoms. The third-order valence-electron chi connectivity index (χ3n) is 7.07. The van der Waals surface area contributed by atoms with Crippen molar-refractivity contribution in [2.45, 2.75) is 37.1 Å². The topological polar surface area (TPSA) is 167 Å². The first-order valence-corrected chi connectivity index (χ1v) is 14.1. The molecule has 1 fully saturated rings. The maximum atomic E-state index is 13.5. The Hall–Kier alpha value is -4.50. The monoisotopic (exact) mass is 562 g/mol. The van der Waals surface area contributed by atoms with Crippen LogP contribution < -0.4 is 10.3 Å². The quantitative estimate of drug-likeness (QED) is 0.306. The molecule has 3 aromatic heterocycles. The van der Waals surface area contributed by atoms with E-state index in [-0.39, 0.29) is 35.0 Å². The molecule has 0 unspecified atom stereocenters. The average molecular weight is 563 g/mol. The number of hydrogen-bond donors (Lipinski definition) is 1. The van der Waals surface area contributed by atoms with E-state index in [4.69, 9.17) is 9.72 Å². The fourth-order valence-electron chi connectivity index (χ4n) is 4.85. The van der Waals surface area contributed by atoms with Crippen molar-refractivity contribution in [2.75, 3.05) is 20.2 Å². The average Bonchev–Trinajstić information content (AvgIpc) is 3.65. The van der Waals surface area contributed by atoms with Crippen molar-refractivity contribution in [2.24, 2.45) is 0 Å². The minimum atomic E-state index is -3.79. The van der Waals surface area contributed by atoms with Gasteiger partial charge < -0.3 is 9.72 Å². The molecule has 40 heavy (non-hydrogen) atoms. The summed E-state index contributed by atoms with van der Waals surface area (Å²) in [6.45, 7) is 2.99. The summed E-state index contributed by atoms with van der Waals surface area (Å²) < 4.78 is 36.8. The van der Waals surface area contributed by atoms with Crippen molar-refractivity contribution in [3.8, 4) is 11.4 Å². The number of sulfonamides is 1. The van der Waals surface area contributed by atoms with Crippen LogP contribution >= 0.6 is 0 Å². The molecule has 0 saturated carbocycles. The van der Waals surface area contributed by atoms with Gasteiger partial charge in [0.1, 0.15) is 23.6 Å². The zero-order valence-electron chi connectivity index (χ0n) is 21.8. The Bertz CT molecular complexity index is 1820. The van der Waals surface area contributed by atoms with Crippen LogP contribution in [0.15, 0.2) is 58.5 Å². The molecule has 6 rings (SSSR count). The van der Waals surface area contributed by atoms with Crippen LogP contribution in [0.5, 0.6) is 5.75 Å². The van der Waals surface area contributed by atoms with Crippen molar-refractivity contribution >= 4 is 21.2 Å². The number of rotatable bonds is 7. The number of tetrazole rings is 1. The van der Waals surface area contributed by atoms with Crippen LogP contribution in [0, 0.1) is 6.92 Å². The van der Waals surface area contributed by atoms with Crippen LogP contribution in [-0.4, -0.2) is 78.1 Å². The first kappa shape index (κ1) is 25.8. The number of aromatic amines is 1. The molecule has 0 atom stereocenters. The predicted molar refractivity (Wildman–Crippen MR) is 143 cm³/mol. The van der Waals surface area contributed by atoms with E-state index in [2.05, 4.69) is 30.8 Å². The third kappa shape index (κ3) is 4.73. The van der Waals surface area contributed by atoms with Crippen LogP contribution in [0.3, 0.4) is 0 Å². The number of H-pyrrole nitrogens is 1. The summed E-state index contributed by atoms with van der Waals surface area (Å²) >= 11 is 0. The lowest BCUT2D eigenvalue weighted by molar-refractivity contribution is 0.313. The zero-order valence-corrected chi connectivity index (χ0v) is 22.6. The van der Waals surface area contributed by atoms with E-state index in [1.165, 1.54) is 34.6 Å². The summed E-state index contributed by atoms with van der Waals surface area (Å²) in [6.07, 6.45) is 2.39. The Labute approximate surface area is 228 Å². The molecule has 0 amide bonds. The number of piperidine rings is 1. The van der Waals surface area contributed by atoms with Gasteiger partial charge in [-0.3, -0.25) is 4.79 Å². The normalized spacial score (nSPS) is 15.1. The second-order valence-electron chi connectivity index (χ2n) is 9.62. The number of benzene rings is 2. The number of fused-ring (bicyclic) bond motifs is 1. The molecular formula is C25H26N10O4S. The first-order valence-electron chi connectivity index (χ1n) is 12.6. The van der Waals surface area contributed by atoms with Gasteiger partial charge in [-0.2, -0.15) is 8.99 Å². The van der Waals surface area contributed by atoms with E-state index in [0.717, 1.165) is 11.1 Å². The fraction of sp³-hybridized carbons (Fsp3) is 0.320.